The number of aliphatic hydroxyl groups excluding tert-OH is 1. The summed E-state index contributed by atoms with van der Waals surface area (Å²) in [5.74, 6) is 0.0572. The van der Waals surface area contributed by atoms with E-state index in [0.29, 0.717) is 12.1 Å². The molecule has 1 atom stereocenters. The molecule has 108 valence electrons. The summed E-state index contributed by atoms with van der Waals surface area (Å²) in [6.07, 6.45) is 0.344. The predicted molar refractivity (Wildman–Crippen MR) is 76.5 cm³/mol. The highest BCUT2D eigenvalue weighted by molar-refractivity contribution is 7.89. The van der Waals surface area contributed by atoms with Crippen molar-refractivity contribution in [2.24, 2.45) is 5.92 Å². The quantitative estimate of drug-likeness (QED) is 0.696. The summed E-state index contributed by atoms with van der Waals surface area (Å²) in [5, 5.41) is 9.09. The average molecular weight is 307 g/mol. The first kappa shape index (κ1) is 16.2. The van der Waals surface area contributed by atoms with Gasteiger partial charge in [-0.05, 0) is 30.5 Å². The maximum atomic E-state index is 12.3. The van der Waals surface area contributed by atoms with Gasteiger partial charge in [0, 0.05) is 18.3 Å². The van der Waals surface area contributed by atoms with E-state index in [-0.39, 0.29) is 28.5 Å². The lowest BCUT2D eigenvalue weighted by Crippen LogP contribution is -2.39. The summed E-state index contributed by atoms with van der Waals surface area (Å²) in [7, 11) is -3.75. The molecule has 1 aromatic carbocycles. The number of aliphatic hydroxyl groups is 1. The Balaban J connectivity index is 3.06. The molecule has 0 saturated carbocycles. The van der Waals surface area contributed by atoms with Crippen LogP contribution in [-0.4, -0.2) is 26.2 Å². The zero-order valence-electron chi connectivity index (χ0n) is 10.9. The number of nitrogen functional groups attached to an aromatic ring is 1. The molecule has 0 radical (unpaired) electrons. The molecule has 19 heavy (non-hydrogen) atoms. The van der Waals surface area contributed by atoms with Gasteiger partial charge in [-0.2, -0.15) is 0 Å². The van der Waals surface area contributed by atoms with Gasteiger partial charge in [-0.3, -0.25) is 0 Å². The van der Waals surface area contributed by atoms with Crippen molar-refractivity contribution in [2.45, 2.75) is 31.2 Å². The molecule has 5 nitrogen and oxygen atoms in total. The molecule has 0 aromatic heterocycles. The number of sulfonamides is 1. The molecule has 0 aliphatic heterocycles. The molecular formula is C12H19ClN2O3S. The molecule has 0 fully saturated rings. The fourth-order valence-corrected chi connectivity index (χ4v) is 3.61. The van der Waals surface area contributed by atoms with Gasteiger partial charge >= 0.3 is 0 Å². The van der Waals surface area contributed by atoms with Crippen molar-refractivity contribution in [3.63, 3.8) is 0 Å². The molecule has 7 heteroatoms. The summed E-state index contributed by atoms with van der Waals surface area (Å²) in [6.45, 7) is 3.67. The van der Waals surface area contributed by atoms with E-state index < -0.39 is 10.0 Å². The highest BCUT2D eigenvalue weighted by Gasteiger charge is 2.24. The molecule has 0 spiro atoms. The topological polar surface area (TPSA) is 92.4 Å². The molecule has 0 aliphatic rings. The number of hydrogen-bond donors (Lipinski definition) is 3. The molecule has 4 N–H and O–H groups in total. The van der Waals surface area contributed by atoms with Crippen molar-refractivity contribution >= 4 is 27.3 Å². The van der Waals surface area contributed by atoms with Gasteiger partial charge in [-0.1, -0.05) is 25.4 Å². The monoisotopic (exact) mass is 306 g/mol. The van der Waals surface area contributed by atoms with Crippen LogP contribution in [0.2, 0.25) is 5.02 Å². The van der Waals surface area contributed by atoms with Gasteiger partial charge in [0.25, 0.3) is 0 Å². The third kappa shape index (κ3) is 4.35. The van der Waals surface area contributed by atoms with Crippen LogP contribution >= 0.6 is 11.6 Å². The molecule has 0 amide bonds. The Kier molecular flexibility index (Phi) is 5.61. The number of rotatable bonds is 6. The second kappa shape index (κ2) is 6.56. The maximum absolute atomic E-state index is 12.3. The fourth-order valence-electron chi connectivity index (χ4n) is 1.66. The predicted octanol–water partition coefficient (Wildman–Crippen LogP) is 1.61. The first-order chi connectivity index (χ1) is 8.77. The molecule has 0 heterocycles. The van der Waals surface area contributed by atoms with Crippen molar-refractivity contribution in [1.82, 2.24) is 4.72 Å². The van der Waals surface area contributed by atoms with Crippen LogP contribution in [0, 0.1) is 5.92 Å². The summed E-state index contributed by atoms with van der Waals surface area (Å²) in [4.78, 5) is -0.0437. The van der Waals surface area contributed by atoms with Crippen molar-refractivity contribution in [3.05, 3.63) is 23.2 Å². The van der Waals surface area contributed by atoms with Crippen LogP contribution in [0.4, 0.5) is 5.69 Å². The van der Waals surface area contributed by atoms with Gasteiger partial charge in [-0.25, -0.2) is 13.1 Å². The molecule has 0 saturated heterocycles. The van der Waals surface area contributed by atoms with E-state index in [2.05, 4.69) is 4.72 Å². The highest BCUT2D eigenvalue weighted by atomic mass is 35.5. The first-order valence-electron chi connectivity index (χ1n) is 5.96. The van der Waals surface area contributed by atoms with Gasteiger partial charge in [0.1, 0.15) is 4.90 Å². The van der Waals surface area contributed by atoms with Gasteiger partial charge in [-0.15, -0.1) is 0 Å². The normalized spacial score (nSPS) is 13.7. The third-order valence-electron chi connectivity index (χ3n) is 2.80. The summed E-state index contributed by atoms with van der Waals surface area (Å²) in [5.41, 5.74) is 5.91. The van der Waals surface area contributed by atoms with E-state index in [9.17, 15) is 8.42 Å². The number of nitrogens with two attached hydrogens (primary N) is 1. The zero-order chi connectivity index (χ0) is 14.6. The second-order valence-electron chi connectivity index (χ2n) is 4.67. The molecule has 0 aliphatic carbocycles. The van der Waals surface area contributed by atoms with Crippen molar-refractivity contribution in [3.8, 4) is 0 Å². The minimum absolute atomic E-state index is 0.0437. The zero-order valence-corrected chi connectivity index (χ0v) is 12.5. The smallest absolute Gasteiger partial charge is 0.242 e. The minimum Gasteiger partial charge on any atom is -0.399 e. The standard InChI is InChI=1S/C12H19ClN2O3S/c1-8(2)11(5-6-16)15-19(17,18)12-7-9(14)3-4-10(12)13/h3-4,7-8,11,15-16H,5-6,14H2,1-2H3. The van der Waals surface area contributed by atoms with Crippen LogP contribution in [0.1, 0.15) is 20.3 Å². The van der Waals surface area contributed by atoms with Crippen LogP contribution in [-0.2, 0) is 10.0 Å². The van der Waals surface area contributed by atoms with Crippen LogP contribution in [0.3, 0.4) is 0 Å². The largest absolute Gasteiger partial charge is 0.399 e. The molecule has 1 aromatic rings. The highest BCUT2D eigenvalue weighted by Crippen LogP contribution is 2.24. The first-order valence-corrected chi connectivity index (χ1v) is 7.82. The lowest BCUT2D eigenvalue weighted by atomic mass is 10.0. The molecule has 1 rings (SSSR count). The Morgan fingerprint density at radius 3 is 2.58 bits per heavy atom. The Hall–Kier alpha value is -0.820. The van der Waals surface area contributed by atoms with Gasteiger partial charge < -0.3 is 10.8 Å². The Bertz CT molecular complexity index is 532. The number of nitrogens with one attached hydrogen (secondary N) is 1. The van der Waals surface area contributed by atoms with E-state index in [4.69, 9.17) is 22.4 Å². The number of anilines is 1. The molecular weight excluding hydrogens is 288 g/mol. The lowest BCUT2D eigenvalue weighted by Gasteiger charge is -2.21. The summed E-state index contributed by atoms with van der Waals surface area (Å²) >= 11 is 5.90. The van der Waals surface area contributed by atoms with E-state index in [1.807, 2.05) is 13.8 Å². The van der Waals surface area contributed by atoms with E-state index in [1.54, 1.807) is 0 Å². The maximum Gasteiger partial charge on any atom is 0.242 e. The number of hydrogen-bond acceptors (Lipinski definition) is 4. The van der Waals surface area contributed by atoms with Crippen LogP contribution in [0.25, 0.3) is 0 Å². The molecule has 1 unspecified atom stereocenters. The lowest BCUT2D eigenvalue weighted by molar-refractivity contribution is 0.256. The van der Waals surface area contributed by atoms with Crippen molar-refractivity contribution in [1.29, 1.82) is 0 Å². The van der Waals surface area contributed by atoms with Gasteiger partial charge in [0.2, 0.25) is 10.0 Å². The van der Waals surface area contributed by atoms with E-state index in [0.717, 1.165) is 0 Å². The van der Waals surface area contributed by atoms with Crippen LogP contribution < -0.4 is 10.5 Å². The van der Waals surface area contributed by atoms with Crippen LogP contribution in [0.15, 0.2) is 23.1 Å². The van der Waals surface area contributed by atoms with Crippen LogP contribution in [0.5, 0.6) is 0 Å². The summed E-state index contributed by atoms with van der Waals surface area (Å²) in [6, 6.07) is 3.95. The minimum atomic E-state index is -3.75. The van der Waals surface area contributed by atoms with Crippen molar-refractivity contribution in [2.75, 3.05) is 12.3 Å². The Morgan fingerprint density at radius 2 is 2.05 bits per heavy atom. The molecule has 0 bridgehead atoms. The SMILES string of the molecule is CC(C)C(CCO)NS(=O)(=O)c1cc(N)ccc1Cl. The van der Waals surface area contributed by atoms with E-state index >= 15 is 0 Å². The van der Waals surface area contributed by atoms with Gasteiger partial charge in [0.05, 0.1) is 5.02 Å². The van der Waals surface area contributed by atoms with Crippen molar-refractivity contribution < 1.29 is 13.5 Å². The fraction of sp³-hybridized carbons (Fsp3) is 0.500. The average Bonchev–Trinajstić information content (AvgIpc) is 2.31. The summed E-state index contributed by atoms with van der Waals surface area (Å²) < 4.78 is 27.1. The second-order valence-corrected chi connectivity index (χ2v) is 6.76. The number of halogens is 1. The Morgan fingerprint density at radius 1 is 1.42 bits per heavy atom. The van der Waals surface area contributed by atoms with E-state index in [1.165, 1.54) is 18.2 Å². The number of benzene rings is 1. The Labute approximate surface area is 118 Å². The van der Waals surface area contributed by atoms with Gasteiger partial charge in [0.15, 0.2) is 0 Å². The third-order valence-corrected chi connectivity index (χ3v) is 4.77.